The lowest BCUT2D eigenvalue weighted by atomic mass is 10.2. The Kier molecular flexibility index (Phi) is 4.00. The average molecular weight is 212 g/mol. The number of nitrogens with zero attached hydrogens (tertiary/aromatic N) is 1. The van der Waals surface area contributed by atoms with Crippen LogP contribution in [0, 0.1) is 0 Å². The molecule has 0 aromatic rings. The molecule has 0 aromatic carbocycles. The van der Waals surface area contributed by atoms with Gasteiger partial charge in [-0.25, -0.2) is 0 Å². The van der Waals surface area contributed by atoms with Crippen molar-refractivity contribution in [3.8, 4) is 0 Å². The number of hydrogen-bond donors (Lipinski definition) is 1. The van der Waals surface area contributed by atoms with Crippen molar-refractivity contribution in [3.63, 3.8) is 0 Å². The van der Waals surface area contributed by atoms with Crippen LogP contribution in [0.1, 0.15) is 33.1 Å². The van der Waals surface area contributed by atoms with Crippen LogP contribution >= 0.6 is 0 Å². The summed E-state index contributed by atoms with van der Waals surface area (Å²) in [5.41, 5.74) is 0. The van der Waals surface area contributed by atoms with Crippen molar-refractivity contribution in [1.29, 1.82) is 0 Å². The molecular formula is C12H24N2O. The molecule has 2 rings (SSSR count). The molecule has 1 saturated heterocycles. The van der Waals surface area contributed by atoms with E-state index in [0.717, 1.165) is 31.8 Å². The lowest BCUT2D eigenvalue weighted by molar-refractivity contribution is 0.146. The molecule has 0 radical (unpaired) electrons. The Hall–Kier alpha value is -0.120. The summed E-state index contributed by atoms with van der Waals surface area (Å²) in [7, 11) is 0. The quantitative estimate of drug-likeness (QED) is 0.670. The van der Waals surface area contributed by atoms with Crippen molar-refractivity contribution in [2.75, 3.05) is 26.3 Å². The zero-order chi connectivity index (χ0) is 10.7. The van der Waals surface area contributed by atoms with Gasteiger partial charge in [0.2, 0.25) is 0 Å². The molecule has 2 atom stereocenters. The molecule has 15 heavy (non-hydrogen) atoms. The SMILES string of the molecule is CCOCCNC1CC(C)N(C2CC2)C1. The van der Waals surface area contributed by atoms with Gasteiger partial charge in [0.05, 0.1) is 6.61 Å². The molecule has 1 heterocycles. The second kappa shape index (κ2) is 5.28. The van der Waals surface area contributed by atoms with Gasteiger partial charge in [-0.05, 0) is 33.1 Å². The third-order valence-electron chi connectivity index (χ3n) is 3.52. The normalized spacial score (nSPS) is 32.4. The summed E-state index contributed by atoms with van der Waals surface area (Å²) >= 11 is 0. The van der Waals surface area contributed by atoms with Crippen LogP contribution in [0.3, 0.4) is 0 Å². The Morgan fingerprint density at radius 3 is 2.87 bits per heavy atom. The summed E-state index contributed by atoms with van der Waals surface area (Å²) in [6.45, 7) is 8.35. The van der Waals surface area contributed by atoms with Crippen molar-refractivity contribution >= 4 is 0 Å². The van der Waals surface area contributed by atoms with Gasteiger partial charge in [0.25, 0.3) is 0 Å². The minimum Gasteiger partial charge on any atom is -0.380 e. The summed E-state index contributed by atoms with van der Waals surface area (Å²) in [5.74, 6) is 0. The highest BCUT2D eigenvalue weighted by Crippen LogP contribution is 2.33. The Morgan fingerprint density at radius 2 is 2.20 bits per heavy atom. The Balaban J connectivity index is 1.63. The molecule has 3 heteroatoms. The molecular weight excluding hydrogens is 188 g/mol. The Labute approximate surface area is 93.2 Å². The van der Waals surface area contributed by atoms with E-state index in [0.29, 0.717) is 6.04 Å². The number of nitrogens with one attached hydrogen (secondary N) is 1. The summed E-state index contributed by atoms with van der Waals surface area (Å²) < 4.78 is 5.33. The number of likely N-dealkylation sites (tertiary alicyclic amines) is 1. The molecule has 1 N–H and O–H groups in total. The summed E-state index contributed by atoms with van der Waals surface area (Å²) in [5, 5.41) is 3.59. The van der Waals surface area contributed by atoms with E-state index in [2.05, 4.69) is 17.1 Å². The van der Waals surface area contributed by atoms with E-state index >= 15 is 0 Å². The van der Waals surface area contributed by atoms with Crippen LogP contribution in [-0.2, 0) is 4.74 Å². The first-order valence-electron chi connectivity index (χ1n) is 6.38. The van der Waals surface area contributed by atoms with Crippen molar-refractivity contribution in [2.24, 2.45) is 0 Å². The minimum atomic E-state index is 0.695. The fourth-order valence-electron chi connectivity index (χ4n) is 2.60. The van der Waals surface area contributed by atoms with Crippen LogP contribution in [0.2, 0.25) is 0 Å². The monoisotopic (exact) mass is 212 g/mol. The zero-order valence-corrected chi connectivity index (χ0v) is 10.0. The van der Waals surface area contributed by atoms with Gasteiger partial charge in [0, 0.05) is 37.8 Å². The Bertz CT molecular complexity index is 194. The van der Waals surface area contributed by atoms with Gasteiger partial charge in [0.15, 0.2) is 0 Å². The first kappa shape index (κ1) is 11.4. The van der Waals surface area contributed by atoms with Crippen molar-refractivity contribution in [1.82, 2.24) is 10.2 Å². The summed E-state index contributed by atoms with van der Waals surface area (Å²) in [6.07, 6.45) is 4.16. The van der Waals surface area contributed by atoms with Crippen molar-refractivity contribution in [3.05, 3.63) is 0 Å². The molecule has 2 aliphatic rings. The molecule has 88 valence electrons. The van der Waals surface area contributed by atoms with E-state index in [1.807, 2.05) is 6.92 Å². The highest BCUT2D eigenvalue weighted by Gasteiger charge is 2.38. The average Bonchev–Trinajstić information content (AvgIpc) is 2.99. The van der Waals surface area contributed by atoms with E-state index in [1.54, 1.807) is 0 Å². The maximum absolute atomic E-state index is 5.33. The second-order valence-corrected chi connectivity index (χ2v) is 4.86. The maximum atomic E-state index is 5.33. The first-order valence-corrected chi connectivity index (χ1v) is 6.38. The van der Waals surface area contributed by atoms with E-state index < -0.39 is 0 Å². The number of ether oxygens (including phenoxy) is 1. The molecule has 2 fully saturated rings. The fraction of sp³-hybridized carbons (Fsp3) is 1.00. The molecule has 1 aliphatic heterocycles. The minimum absolute atomic E-state index is 0.695. The molecule has 1 saturated carbocycles. The lowest BCUT2D eigenvalue weighted by Gasteiger charge is -2.19. The highest BCUT2D eigenvalue weighted by atomic mass is 16.5. The molecule has 0 bridgehead atoms. The van der Waals surface area contributed by atoms with Crippen LogP contribution in [0.25, 0.3) is 0 Å². The predicted molar refractivity (Wildman–Crippen MR) is 62.1 cm³/mol. The van der Waals surface area contributed by atoms with E-state index in [9.17, 15) is 0 Å². The summed E-state index contributed by atoms with van der Waals surface area (Å²) in [6, 6.07) is 2.39. The smallest absolute Gasteiger partial charge is 0.0590 e. The first-order chi connectivity index (χ1) is 7.31. The van der Waals surface area contributed by atoms with Crippen LogP contribution in [0.5, 0.6) is 0 Å². The molecule has 0 spiro atoms. The third kappa shape index (κ3) is 3.16. The Morgan fingerprint density at radius 1 is 1.40 bits per heavy atom. The summed E-state index contributed by atoms with van der Waals surface area (Å²) in [4.78, 5) is 2.68. The van der Waals surface area contributed by atoms with Gasteiger partial charge >= 0.3 is 0 Å². The van der Waals surface area contributed by atoms with Crippen LogP contribution < -0.4 is 5.32 Å². The van der Waals surface area contributed by atoms with Gasteiger partial charge < -0.3 is 10.1 Å². The molecule has 2 unspecified atom stereocenters. The number of hydrogen-bond acceptors (Lipinski definition) is 3. The largest absolute Gasteiger partial charge is 0.380 e. The van der Waals surface area contributed by atoms with Gasteiger partial charge in [-0.15, -0.1) is 0 Å². The van der Waals surface area contributed by atoms with Gasteiger partial charge in [0.1, 0.15) is 0 Å². The third-order valence-corrected chi connectivity index (χ3v) is 3.52. The molecule has 0 aromatic heterocycles. The van der Waals surface area contributed by atoms with Crippen molar-refractivity contribution in [2.45, 2.75) is 51.2 Å². The lowest BCUT2D eigenvalue weighted by Crippen LogP contribution is -2.35. The van der Waals surface area contributed by atoms with Crippen LogP contribution in [0.15, 0.2) is 0 Å². The van der Waals surface area contributed by atoms with E-state index in [1.165, 1.54) is 25.8 Å². The fourth-order valence-corrected chi connectivity index (χ4v) is 2.60. The zero-order valence-electron chi connectivity index (χ0n) is 10.0. The predicted octanol–water partition coefficient (Wildman–Crippen LogP) is 1.24. The molecule has 3 nitrogen and oxygen atoms in total. The van der Waals surface area contributed by atoms with Gasteiger partial charge in [-0.2, -0.15) is 0 Å². The van der Waals surface area contributed by atoms with Crippen LogP contribution in [-0.4, -0.2) is 49.3 Å². The van der Waals surface area contributed by atoms with Gasteiger partial charge in [-0.3, -0.25) is 4.90 Å². The standard InChI is InChI=1S/C12H24N2O/c1-3-15-7-6-13-11-8-10(2)14(9-11)12-4-5-12/h10-13H,3-9H2,1-2H3. The second-order valence-electron chi connectivity index (χ2n) is 4.86. The number of rotatable bonds is 6. The molecule has 1 aliphatic carbocycles. The van der Waals surface area contributed by atoms with Gasteiger partial charge in [-0.1, -0.05) is 0 Å². The molecule has 0 amide bonds. The van der Waals surface area contributed by atoms with Crippen LogP contribution in [0.4, 0.5) is 0 Å². The maximum Gasteiger partial charge on any atom is 0.0590 e. The topological polar surface area (TPSA) is 24.5 Å². The van der Waals surface area contributed by atoms with Crippen molar-refractivity contribution < 1.29 is 4.74 Å². The van der Waals surface area contributed by atoms with E-state index in [-0.39, 0.29) is 0 Å². The van der Waals surface area contributed by atoms with E-state index in [4.69, 9.17) is 4.74 Å². The highest BCUT2D eigenvalue weighted by molar-refractivity contribution is 4.95.